The second-order valence-electron chi connectivity index (χ2n) is 7.11. The van der Waals surface area contributed by atoms with Gasteiger partial charge in [-0.05, 0) is 0 Å². The monoisotopic (exact) mass is 278 g/mol. The molecule has 0 spiro atoms. The van der Waals surface area contributed by atoms with Gasteiger partial charge in [-0.15, -0.1) is 0 Å². The lowest BCUT2D eigenvalue weighted by molar-refractivity contribution is 1.02. The summed E-state index contributed by atoms with van der Waals surface area (Å²) in [6, 6.07) is 14.7. The van der Waals surface area contributed by atoms with Gasteiger partial charge in [0.25, 0.3) is 0 Å². The van der Waals surface area contributed by atoms with Crippen LogP contribution in [0.4, 0.5) is 0 Å². The maximum absolute atomic E-state index is 2.74. The van der Waals surface area contributed by atoms with Gasteiger partial charge in [-0.25, -0.2) is 0 Å². The van der Waals surface area contributed by atoms with Crippen LogP contribution in [0.3, 0.4) is 0 Å². The maximum atomic E-state index is 2.74. The zero-order chi connectivity index (χ0) is 12.7. The molecule has 94 valence electrons. The second-order valence-corrected chi connectivity index (χ2v) is 34.1. The molecule has 1 saturated heterocycles. The Balaban J connectivity index is 2.57. The van der Waals surface area contributed by atoms with Crippen LogP contribution in [-0.2, 0) is 0 Å². The summed E-state index contributed by atoms with van der Waals surface area (Å²) in [4.78, 5) is 0. The van der Waals surface area contributed by atoms with Crippen LogP contribution in [0.25, 0.3) is 0 Å². The first-order chi connectivity index (χ1) is 7.81. The SMILES string of the molecule is C[Si]1(C)CCC[Si](C)(C)[Si]1(C)c1ccccc1. The largest absolute Gasteiger partial charge is 0.0712 e. The van der Waals surface area contributed by atoms with Crippen LogP contribution in [0.2, 0.25) is 44.8 Å². The Morgan fingerprint density at radius 3 is 1.71 bits per heavy atom. The average molecular weight is 279 g/mol. The van der Waals surface area contributed by atoms with E-state index in [9.17, 15) is 0 Å². The molecule has 1 aromatic carbocycles. The zero-order valence-corrected chi connectivity index (χ0v) is 15.0. The average Bonchev–Trinajstić information content (AvgIpc) is 2.26. The van der Waals surface area contributed by atoms with Crippen LogP contribution in [0.15, 0.2) is 30.3 Å². The molecule has 0 radical (unpaired) electrons. The Bertz CT molecular complexity index is 379. The molecule has 1 aliphatic heterocycles. The highest BCUT2D eigenvalue weighted by molar-refractivity contribution is 7.73. The van der Waals surface area contributed by atoms with E-state index in [1.165, 1.54) is 6.42 Å². The quantitative estimate of drug-likeness (QED) is 0.682. The lowest BCUT2D eigenvalue weighted by atomic mass is 10.4. The molecule has 0 aromatic heterocycles. The molecule has 1 fully saturated rings. The standard InChI is InChI=1S/C14H26Si3/c1-15(2)12-9-13-16(3,4)17(15,5)14-10-7-6-8-11-14/h6-8,10-11H,9,12-13H2,1-5H3. The topological polar surface area (TPSA) is 0 Å². The van der Waals surface area contributed by atoms with E-state index in [2.05, 4.69) is 63.1 Å². The van der Waals surface area contributed by atoms with Gasteiger partial charge in [-0.3, -0.25) is 0 Å². The molecule has 1 aromatic rings. The van der Waals surface area contributed by atoms with Gasteiger partial charge in [0.05, 0.1) is 7.11 Å². The van der Waals surface area contributed by atoms with Crippen molar-refractivity contribution in [3.05, 3.63) is 30.3 Å². The minimum atomic E-state index is -1.19. The van der Waals surface area contributed by atoms with Crippen molar-refractivity contribution < 1.29 is 0 Å². The van der Waals surface area contributed by atoms with E-state index in [0.717, 1.165) is 0 Å². The molecule has 17 heavy (non-hydrogen) atoms. The van der Waals surface area contributed by atoms with Gasteiger partial charge in [0.1, 0.15) is 0 Å². The third-order valence-electron chi connectivity index (χ3n) is 5.66. The van der Waals surface area contributed by atoms with Gasteiger partial charge in [0.15, 0.2) is 0 Å². The predicted molar refractivity (Wildman–Crippen MR) is 86.9 cm³/mol. The fourth-order valence-electron chi connectivity index (χ4n) is 3.94. The molecule has 0 bridgehead atoms. The van der Waals surface area contributed by atoms with E-state index in [1.54, 1.807) is 17.3 Å². The molecule has 0 atom stereocenters. The van der Waals surface area contributed by atoms with Gasteiger partial charge >= 0.3 is 0 Å². The van der Waals surface area contributed by atoms with Crippen LogP contribution in [0.5, 0.6) is 0 Å². The molecule has 1 aliphatic rings. The van der Waals surface area contributed by atoms with Gasteiger partial charge in [0.2, 0.25) is 0 Å². The summed E-state index contributed by atoms with van der Waals surface area (Å²) in [6.07, 6.45) is 1.52. The summed E-state index contributed by atoms with van der Waals surface area (Å²) in [6.45, 7) is 13.5. The number of hydrogen-bond acceptors (Lipinski definition) is 0. The van der Waals surface area contributed by atoms with E-state index >= 15 is 0 Å². The molecule has 0 aliphatic carbocycles. The third kappa shape index (κ3) is 1.92. The smallest absolute Gasteiger partial charge is 0.0711 e. The molecule has 0 nitrogen and oxygen atoms in total. The highest BCUT2D eigenvalue weighted by Crippen LogP contribution is 2.40. The number of benzene rings is 1. The van der Waals surface area contributed by atoms with Crippen molar-refractivity contribution in [2.75, 3.05) is 0 Å². The summed E-state index contributed by atoms with van der Waals surface area (Å²) in [5.74, 6) is 0. The summed E-state index contributed by atoms with van der Waals surface area (Å²) >= 11 is 0. The Morgan fingerprint density at radius 1 is 0.765 bits per heavy atom. The van der Waals surface area contributed by atoms with Crippen LogP contribution < -0.4 is 5.19 Å². The predicted octanol–water partition coefficient (Wildman–Crippen LogP) is 3.95. The number of rotatable bonds is 1. The minimum Gasteiger partial charge on any atom is -0.0712 e. The van der Waals surface area contributed by atoms with E-state index in [4.69, 9.17) is 0 Å². The van der Waals surface area contributed by atoms with E-state index < -0.39 is 22.3 Å². The molecule has 1 heterocycles. The molecule has 0 amide bonds. The second kappa shape index (κ2) is 4.21. The summed E-state index contributed by atoms with van der Waals surface area (Å²) in [5.41, 5.74) is 0. The molecule has 3 heteroatoms. The van der Waals surface area contributed by atoms with Gasteiger partial charge < -0.3 is 0 Å². The molecule has 0 N–H and O–H groups in total. The highest BCUT2D eigenvalue weighted by Gasteiger charge is 2.57. The van der Waals surface area contributed by atoms with Crippen molar-refractivity contribution >= 4 is 27.5 Å². The van der Waals surface area contributed by atoms with Crippen molar-refractivity contribution in [1.29, 1.82) is 0 Å². The van der Waals surface area contributed by atoms with Gasteiger partial charge in [-0.2, -0.15) is 0 Å². The van der Waals surface area contributed by atoms with Crippen LogP contribution in [-0.4, -0.2) is 22.3 Å². The lowest BCUT2D eigenvalue weighted by Crippen LogP contribution is -2.79. The Hall–Kier alpha value is -0.129. The van der Waals surface area contributed by atoms with Crippen molar-refractivity contribution in [2.45, 2.75) is 51.2 Å². The summed E-state index contributed by atoms with van der Waals surface area (Å²) in [5, 5.41) is 1.77. The Labute approximate surface area is 109 Å². The van der Waals surface area contributed by atoms with E-state index in [0.29, 0.717) is 0 Å². The first kappa shape index (κ1) is 13.3. The summed E-state index contributed by atoms with van der Waals surface area (Å²) in [7, 11) is -3.23. The highest BCUT2D eigenvalue weighted by atomic mass is 29.6. The van der Waals surface area contributed by atoms with Crippen molar-refractivity contribution in [1.82, 2.24) is 0 Å². The minimum absolute atomic E-state index is 1.02. The lowest BCUT2D eigenvalue weighted by Gasteiger charge is -2.55. The Morgan fingerprint density at radius 2 is 1.24 bits per heavy atom. The van der Waals surface area contributed by atoms with Gasteiger partial charge in [0, 0.05) is 15.2 Å². The van der Waals surface area contributed by atoms with Crippen molar-refractivity contribution in [3.63, 3.8) is 0 Å². The Kier molecular flexibility index (Phi) is 3.30. The normalized spacial score (nSPS) is 25.5. The van der Waals surface area contributed by atoms with Crippen molar-refractivity contribution in [3.8, 4) is 0 Å². The van der Waals surface area contributed by atoms with Crippen LogP contribution in [0, 0.1) is 0 Å². The zero-order valence-electron chi connectivity index (χ0n) is 12.0. The maximum Gasteiger partial charge on any atom is 0.0711 e. The molecular formula is C14H26Si3. The molecule has 2 rings (SSSR count). The third-order valence-corrected chi connectivity index (χ3v) is 47.4. The van der Waals surface area contributed by atoms with Crippen molar-refractivity contribution in [2.24, 2.45) is 0 Å². The molecule has 0 saturated carbocycles. The fraction of sp³-hybridized carbons (Fsp3) is 0.571. The van der Waals surface area contributed by atoms with Crippen LogP contribution >= 0.6 is 0 Å². The first-order valence-corrected chi connectivity index (χ1v) is 17.8. The fourth-order valence-corrected chi connectivity index (χ4v) is 45.7. The van der Waals surface area contributed by atoms with E-state index in [1.807, 2.05) is 0 Å². The first-order valence-electron chi connectivity index (χ1n) is 6.87. The van der Waals surface area contributed by atoms with Crippen LogP contribution in [0.1, 0.15) is 6.42 Å². The molecule has 0 unspecified atom stereocenters. The summed E-state index contributed by atoms with van der Waals surface area (Å²) < 4.78 is 0. The van der Waals surface area contributed by atoms with Gasteiger partial charge in [-0.1, -0.05) is 86.8 Å². The molecular weight excluding hydrogens is 252 g/mol. The number of hydrogen-bond donors (Lipinski definition) is 0. The van der Waals surface area contributed by atoms with E-state index in [-0.39, 0.29) is 0 Å².